The minimum absolute atomic E-state index is 0.0670. The van der Waals surface area contributed by atoms with Gasteiger partial charge in [0.25, 0.3) is 0 Å². The number of benzene rings is 2. The molecule has 2 aromatic carbocycles. The summed E-state index contributed by atoms with van der Waals surface area (Å²) in [4.78, 5) is 4.63. The number of fused-ring (bicyclic) bond motifs is 1. The SMILES string of the molecule is COCCS(=O)(=O)Nc1ccc(-c2nc3ccc(C)cc3s2)cc1. The minimum atomic E-state index is -3.39. The molecule has 0 fully saturated rings. The van der Waals surface area contributed by atoms with Crippen LogP contribution in [0.15, 0.2) is 42.5 Å². The Bertz CT molecular complexity index is 948. The minimum Gasteiger partial charge on any atom is -0.384 e. The van der Waals surface area contributed by atoms with Crippen molar-refractivity contribution >= 4 is 37.3 Å². The van der Waals surface area contributed by atoms with Crippen molar-refractivity contribution < 1.29 is 13.2 Å². The van der Waals surface area contributed by atoms with Crippen LogP contribution < -0.4 is 4.72 Å². The monoisotopic (exact) mass is 362 g/mol. The molecule has 0 aliphatic carbocycles. The molecule has 0 spiro atoms. The molecule has 0 saturated heterocycles. The third kappa shape index (κ3) is 3.92. The van der Waals surface area contributed by atoms with Crippen molar-refractivity contribution in [3.05, 3.63) is 48.0 Å². The molecule has 126 valence electrons. The maximum absolute atomic E-state index is 11.9. The summed E-state index contributed by atoms with van der Waals surface area (Å²) in [5.41, 5.74) is 3.68. The number of aryl methyl sites for hydroxylation is 1. The fourth-order valence-electron chi connectivity index (χ4n) is 2.26. The van der Waals surface area contributed by atoms with Crippen LogP contribution in [0.1, 0.15) is 5.56 Å². The van der Waals surface area contributed by atoms with E-state index in [4.69, 9.17) is 4.74 Å². The van der Waals surface area contributed by atoms with Crippen LogP contribution in [0.2, 0.25) is 0 Å². The van der Waals surface area contributed by atoms with Gasteiger partial charge in [0.2, 0.25) is 10.0 Å². The third-order valence-corrected chi connectivity index (χ3v) is 5.82. The molecule has 24 heavy (non-hydrogen) atoms. The number of anilines is 1. The lowest BCUT2D eigenvalue weighted by molar-refractivity contribution is 0.217. The van der Waals surface area contributed by atoms with Crippen molar-refractivity contribution in [1.29, 1.82) is 0 Å². The van der Waals surface area contributed by atoms with Crippen LogP contribution in [0.3, 0.4) is 0 Å². The Labute approximate surface area is 145 Å². The number of methoxy groups -OCH3 is 1. The van der Waals surface area contributed by atoms with Crippen LogP contribution >= 0.6 is 11.3 Å². The Morgan fingerprint density at radius 1 is 1.17 bits per heavy atom. The highest BCUT2D eigenvalue weighted by molar-refractivity contribution is 7.92. The van der Waals surface area contributed by atoms with E-state index in [2.05, 4.69) is 22.7 Å². The highest BCUT2D eigenvalue weighted by Gasteiger charge is 2.11. The first-order valence-electron chi connectivity index (χ1n) is 7.44. The molecular weight excluding hydrogens is 344 g/mol. The first-order valence-corrected chi connectivity index (χ1v) is 9.91. The van der Waals surface area contributed by atoms with Crippen molar-refractivity contribution in [2.45, 2.75) is 6.92 Å². The van der Waals surface area contributed by atoms with Crippen molar-refractivity contribution in [3.63, 3.8) is 0 Å². The van der Waals surface area contributed by atoms with Gasteiger partial charge in [0.15, 0.2) is 0 Å². The molecule has 0 saturated carbocycles. The van der Waals surface area contributed by atoms with E-state index in [1.54, 1.807) is 23.5 Å². The second-order valence-corrected chi connectivity index (χ2v) is 8.35. The maximum atomic E-state index is 11.9. The van der Waals surface area contributed by atoms with Crippen molar-refractivity contribution in [3.8, 4) is 10.6 Å². The Morgan fingerprint density at radius 3 is 2.62 bits per heavy atom. The van der Waals surface area contributed by atoms with Crippen LogP contribution in [-0.2, 0) is 14.8 Å². The number of nitrogens with one attached hydrogen (secondary N) is 1. The number of rotatable bonds is 6. The van der Waals surface area contributed by atoms with Gasteiger partial charge in [-0.1, -0.05) is 6.07 Å². The molecule has 0 aliphatic heterocycles. The number of ether oxygens (including phenoxy) is 1. The van der Waals surface area contributed by atoms with E-state index in [0.29, 0.717) is 5.69 Å². The topological polar surface area (TPSA) is 68.3 Å². The van der Waals surface area contributed by atoms with Crippen LogP contribution in [0, 0.1) is 6.92 Å². The number of sulfonamides is 1. The van der Waals surface area contributed by atoms with Gasteiger partial charge < -0.3 is 4.74 Å². The van der Waals surface area contributed by atoms with Crippen molar-refractivity contribution in [2.24, 2.45) is 0 Å². The first-order chi connectivity index (χ1) is 11.5. The molecule has 0 unspecified atom stereocenters. The second kappa shape index (κ2) is 6.88. The molecule has 0 radical (unpaired) electrons. The van der Waals surface area contributed by atoms with E-state index < -0.39 is 10.0 Å². The third-order valence-electron chi connectivity index (χ3n) is 3.51. The van der Waals surface area contributed by atoms with E-state index in [0.717, 1.165) is 20.8 Å². The maximum Gasteiger partial charge on any atom is 0.234 e. The van der Waals surface area contributed by atoms with E-state index >= 15 is 0 Å². The quantitative estimate of drug-likeness (QED) is 0.727. The van der Waals surface area contributed by atoms with Gasteiger partial charge in [0, 0.05) is 18.4 Å². The van der Waals surface area contributed by atoms with Crippen molar-refractivity contribution in [1.82, 2.24) is 4.98 Å². The number of thiazole rings is 1. The zero-order valence-corrected chi connectivity index (χ0v) is 15.1. The summed E-state index contributed by atoms with van der Waals surface area (Å²) in [6.07, 6.45) is 0. The van der Waals surface area contributed by atoms with Gasteiger partial charge in [-0.25, -0.2) is 13.4 Å². The summed E-state index contributed by atoms with van der Waals surface area (Å²) >= 11 is 1.63. The van der Waals surface area contributed by atoms with E-state index in [-0.39, 0.29) is 12.4 Å². The van der Waals surface area contributed by atoms with Crippen LogP contribution in [-0.4, -0.2) is 32.9 Å². The molecule has 3 aromatic rings. The van der Waals surface area contributed by atoms with Crippen LogP contribution in [0.25, 0.3) is 20.8 Å². The van der Waals surface area contributed by atoms with Gasteiger partial charge in [-0.15, -0.1) is 11.3 Å². The molecule has 1 aromatic heterocycles. The lowest BCUT2D eigenvalue weighted by Gasteiger charge is -2.07. The zero-order valence-electron chi connectivity index (χ0n) is 13.4. The Hall–Kier alpha value is -1.96. The van der Waals surface area contributed by atoms with E-state index in [1.165, 1.54) is 12.7 Å². The number of hydrogen-bond acceptors (Lipinski definition) is 5. The van der Waals surface area contributed by atoms with Crippen LogP contribution in [0.5, 0.6) is 0 Å². The molecule has 0 aliphatic rings. The molecule has 7 heteroatoms. The molecule has 0 amide bonds. The Kier molecular flexibility index (Phi) is 4.84. The van der Waals surface area contributed by atoms with Gasteiger partial charge in [-0.3, -0.25) is 4.72 Å². The number of hydrogen-bond donors (Lipinski definition) is 1. The van der Waals surface area contributed by atoms with Gasteiger partial charge in [-0.2, -0.15) is 0 Å². The molecule has 1 N–H and O–H groups in total. The molecular formula is C17H18N2O3S2. The largest absolute Gasteiger partial charge is 0.384 e. The standard InChI is InChI=1S/C17H18N2O3S2/c1-12-3-8-15-16(11-12)23-17(18-15)13-4-6-14(7-5-13)19-24(20,21)10-9-22-2/h3-8,11,19H,9-10H2,1-2H3. The Balaban J connectivity index is 1.80. The highest BCUT2D eigenvalue weighted by Crippen LogP contribution is 2.31. The van der Waals surface area contributed by atoms with Crippen LogP contribution in [0.4, 0.5) is 5.69 Å². The second-order valence-electron chi connectivity index (χ2n) is 5.48. The zero-order chi connectivity index (χ0) is 17.2. The first kappa shape index (κ1) is 16.9. The smallest absolute Gasteiger partial charge is 0.234 e. The average molecular weight is 362 g/mol. The molecule has 0 atom stereocenters. The summed E-state index contributed by atoms with van der Waals surface area (Å²) in [6.45, 7) is 2.22. The normalized spacial score (nSPS) is 11.8. The predicted octanol–water partition coefficient (Wildman–Crippen LogP) is 3.66. The summed E-state index contributed by atoms with van der Waals surface area (Å²) in [5.74, 6) is -0.0670. The predicted molar refractivity (Wildman–Crippen MR) is 99.1 cm³/mol. The fourth-order valence-corrected chi connectivity index (χ4v) is 4.31. The van der Waals surface area contributed by atoms with E-state index in [9.17, 15) is 8.42 Å². The molecule has 5 nitrogen and oxygen atoms in total. The summed E-state index contributed by atoms with van der Waals surface area (Å²) in [7, 11) is -1.91. The Morgan fingerprint density at radius 2 is 1.92 bits per heavy atom. The lowest BCUT2D eigenvalue weighted by atomic mass is 10.2. The molecule has 1 heterocycles. The number of aromatic nitrogens is 1. The van der Waals surface area contributed by atoms with E-state index in [1.807, 2.05) is 24.3 Å². The average Bonchev–Trinajstić information content (AvgIpc) is 2.96. The highest BCUT2D eigenvalue weighted by atomic mass is 32.2. The van der Waals surface area contributed by atoms with Gasteiger partial charge in [0.05, 0.1) is 22.6 Å². The summed E-state index contributed by atoms with van der Waals surface area (Å²) < 4.78 is 32.2. The van der Waals surface area contributed by atoms with Gasteiger partial charge in [0.1, 0.15) is 5.01 Å². The lowest BCUT2D eigenvalue weighted by Crippen LogP contribution is -2.19. The molecule has 3 rings (SSSR count). The fraction of sp³-hybridized carbons (Fsp3) is 0.235. The van der Waals surface area contributed by atoms with Gasteiger partial charge in [-0.05, 0) is 48.9 Å². The summed E-state index contributed by atoms with van der Waals surface area (Å²) in [5, 5.41) is 0.921. The summed E-state index contributed by atoms with van der Waals surface area (Å²) in [6, 6.07) is 13.4. The van der Waals surface area contributed by atoms with Crippen molar-refractivity contribution in [2.75, 3.05) is 24.2 Å². The number of nitrogens with zero attached hydrogens (tertiary/aromatic N) is 1. The molecule has 0 bridgehead atoms. The van der Waals surface area contributed by atoms with Gasteiger partial charge >= 0.3 is 0 Å².